The van der Waals surface area contributed by atoms with E-state index in [-0.39, 0.29) is 18.3 Å². The molecule has 0 aliphatic carbocycles. The minimum atomic E-state index is -0.500. The van der Waals surface area contributed by atoms with Gasteiger partial charge in [-0.1, -0.05) is 37.1 Å². The Bertz CT molecular complexity index is 1020. The molecule has 1 aliphatic rings. The van der Waals surface area contributed by atoms with Crippen molar-refractivity contribution in [3.05, 3.63) is 66.5 Å². The van der Waals surface area contributed by atoms with Crippen molar-refractivity contribution in [2.24, 2.45) is 0 Å². The van der Waals surface area contributed by atoms with E-state index in [1.807, 2.05) is 30.3 Å². The molecule has 31 heavy (non-hydrogen) atoms. The quantitative estimate of drug-likeness (QED) is 0.627. The van der Waals surface area contributed by atoms with Crippen LogP contribution in [-0.4, -0.2) is 35.8 Å². The number of aromatic nitrogens is 2. The molecule has 160 valence electrons. The zero-order valence-corrected chi connectivity index (χ0v) is 17.3. The molecule has 6 nitrogen and oxygen atoms in total. The van der Waals surface area contributed by atoms with Crippen LogP contribution in [0.1, 0.15) is 25.7 Å². The predicted octanol–water partition coefficient (Wildman–Crippen LogP) is 4.68. The Labute approximate surface area is 181 Å². The lowest BCUT2D eigenvalue weighted by atomic mass is 10.1. The molecule has 0 radical (unpaired) electrons. The molecule has 4 rings (SSSR count). The largest absolute Gasteiger partial charge is 0.481 e. The number of benzene rings is 2. The summed E-state index contributed by atoms with van der Waals surface area (Å²) in [5.41, 5.74) is 2.19. The number of amides is 1. The third-order valence-corrected chi connectivity index (χ3v) is 5.22. The van der Waals surface area contributed by atoms with E-state index < -0.39 is 5.82 Å². The van der Waals surface area contributed by atoms with Gasteiger partial charge in [-0.15, -0.1) is 10.2 Å². The number of carbonyl (C=O) groups is 1. The molecule has 0 atom stereocenters. The van der Waals surface area contributed by atoms with E-state index in [2.05, 4.69) is 20.4 Å². The molecule has 1 aliphatic heterocycles. The van der Waals surface area contributed by atoms with Gasteiger partial charge in [0.05, 0.1) is 5.69 Å². The van der Waals surface area contributed by atoms with E-state index in [0.717, 1.165) is 30.2 Å². The van der Waals surface area contributed by atoms with Gasteiger partial charge in [-0.25, -0.2) is 4.39 Å². The molecular weight excluding hydrogens is 395 g/mol. The van der Waals surface area contributed by atoms with Crippen molar-refractivity contribution in [1.82, 2.24) is 10.2 Å². The van der Waals surface area contributed by atoms with Gasteiger partial charge in [0.15, 0.2) is 24.0 Å². The van der Waals surface area contributed by atoms with Crippen LogP contribution < -0.4 is 15.0 Å². The van der Waals surface area contributed by atoms with E-state index in [1.165, 1.54) is 37.8 Å². The first-order valence-corrected chi connectivity index (χ1v) is 10.6. The van der Waals surface area contributed by atoms with Gasteiger partial charge in [0.1, 0.15) is 0 Å². The Morgan fingerprint density at radius 2 is 1.77 bits per heavy atom. The summed E-state index contributed by atoms with van der Waals surface area (Å²) < 4.78 is 18.9. The fourth-order valence-corrected chi connectivity index (χ4v) is 3.61. The van der Waals surface area contributed by atoms with Crippen LogP contribution in [0.15, 0.2) is 60.7 Å². The average molecular weight is 420 g/mol. The lowest BCUT2D eigenvalue weighted by Crippen LogP contribution is -2.25. The highest BCUT2D eigenvalue weighted by Gasteiger charge is 2.12. The van der Waals surface area contributed by atoms with E-state index >= 15 is 0 Å². The number of halogens is 1. The minimum absolute atomic E-state index is 0.0474. The van der Waals surface area contributed by atoms with Crippen LogP contribution in [0.2, 0.25) is 0 Å². The summed E-state index contributed by atoms with van der Waals surface area (Å²) in [6.45, 7) is 1.75. The number of carbonyl (C=O) groups excluding carboxylic acids is 1. The maximum absolute atomic E-state index is 13.6. The third kappa shape index (κ3) is 5.57. The average Bonchev–Trinajstić information content (AvgIpc) is 3.09. The lowest BCUT2D eigenvalue weighted by Gasteiger charge is -2.20. The molecule has 1 fully saturated rings. The number of nitrogens with one attached hydrogen (secondary N) is 1. The number of nitrogens with zero attached hydrogens (tertiary/aromatic N) is 3. The first kappa shape index (κ1) is 20.8. The highest BCUT2D eigenvalue weighted by molar-refractivity contribution is 5.92. The first-order valence-electron chi connectivity index (χ1n) is 10.6. The number of para-hydroxylation sites is 1. The SMILES string of the molecule is O=C(COc1ccccc1F)Nc1cccc(-c2ccc(N3CCCCCC3)nn2)c1. The van der Waals surface area contributed by atoms with Crippen LogP contribution in [0, 0.1) is 5.82 Å². The van der Waals surface area contributed by atoms with Crippen molar-refractivity contribution in [2.75, 3.05) is 29.9 Å². The zero-order chi connectivity index (χ0) is 21.5. The molecule has 0 bridgehead atoms. The fourth-order valence-electron chi connectivity index (χ4n) is 3.61. The fraction of sp³-hybridized carbons (Fsp3) is 0.292. The van der Waals surface area contributed by atoms with Crippen molar-refractivity contribution >= 4 is 17.4 Å². The van der Waals surface area contributed by atoms with E-state index in [4.69, 9.17) is 4.74 Å². The molecule has 1 N–H and O–H groups in total. The molecule has 0 saturated carbocycles. The van der Waals surface area contributed by atoms with E-state index in [1.54, 1.807) is 18.2 Å². The number of hydrogen-bond acceptors (Lipinski definition) is 5. The van der Waals surface area contributed by atoms with Crippen LogP contribution in [0.3, 0.4) is 0 Å². The summed E-state index contributed by atoms with van der Waals surface area (Å²) in [7, 11) is 0. The topological polar surface area (TPSA) is 67.3 Å². The summed E-state index contributed by atoms with van der Waals surface area (Å²) >= 11 is 0. The third-order valence-electron chi connectivity index (χ3n) is 5.22. The summed E-state index contributed by atoms with van der Waals surface area (Å²) in [4.78, 5) is 14.5. The van der Waals surface area contributed by atoms with Crippen molar-refractivity contribution in [3.63, 3.8) is 0 Å². The Hall–Kier alpha value is -3.48. The van der Waals surface area contributed by atoms with Gasteiger partial charge < -0.3 is 15.0 Å². The van der Waals surface area contributed by atoms with Gasteiger partial charge in [0.25, 0.3) is 5.91 Å². The Balaban J connectivity index is 1.38. The Morgan fingerprint density at radius 1 is 0.968 bits per heavy atom. The number of anilines is 2. The maximum atomic E-state index is 13.6. The standard InChI is InChI=1S/C24H25FN4O2/c25-20-10-3-4-11-22(20)31-17-24(30)26-19-9-7-8-18(16-19)21-12-13-23(28-27-21)29-14-5-1-2-6-15-29/h3-4,7-13,16H,1-2,5-6,14-15,17H2,(H,26,30). The molecule has 2 heterocycles. The maximum Gasteiger partial charge on any atom is 0.262 e. The van der Waals surface area contributed by atoms with Gasteiger partial charge in [0.2, 0.25) is 0 Å². The Morgan fingerprint density at radius 3 is 2.52 bits per heavy atom. The number of rotatable bonds is 6. The number of hydrogen-bond donors (Lipinski definition) is 1. The zero-order valence-electron chi connectivity index (χ0n) is 17.3. The number of ether oxygens (including phenoxy) is 1. The molecule has 7 heteroatoms. The molecular formula is C24H25FN4O2. The highest BCUT2D eigenvalue weighted by Crippen LogP contribution is 2.23. The summed E-state index contributed by atoms with van der Waals surface area (Å²) in [5.74, 6) is 0.0778. The van der Waals surface area contributed by atoms with Gasteiger partial charge in [-0.05, 0) is 49.2 Å². The molecule has 1 saturated heterocycles. The summed E-state index contributed by atoms with van der Waals surface area (Å²) in [6.07, 6.45) is 4.91. The second kappa shape index (κ2) is 10.0. The molecule has 1 aromatic heterocycles. The minimum Gasteiger partial charge on any atom is -0.481 e. The van der Waals surface area contributed by atoms with Gasteiger partial charge in [0, 0.05) is 24.3 Å². The second-order valence-electron chi connectivity index (χ2n) is 7.53. The normalized spacial score (nSPS) is 14.0. The molecule has 1 amide bonds. The second-order valence-corrected chi connectivity index (χ2v) is 7.53. The molecule has 0 spiro atoms. The van der Waals surface area contributed by atoms with Gasteiger partial charge in [-0.2, -0.15) is 0 Å². The molecule has 2 aromatic carbocycles. The van der Waals surface area contributed by atoms with Crippen LogP contribution in [0.5, 0.6) is 5.75 Å². The molecule has 3 aromatic rings. The van der Waals surface area contributed by atoms with Crippen LogP contribution in [-0.2, 0) is 4.79 Å². The van der Waals surface area contributed by atoms with Crippen LogP contribution in [0.25, 0.3) is 11.3 Å². The van der Waals surface area contributed by atoms with Crippen molar-refractivity contribution < 1.29 is 13.9 Å². The lowest BCUT2D eigenvalue weighted by molar-refractivity contribution is -0.118. The smallest absolute Gasteiger partial charge is 0.262 e. The van der Waals surface area contributed by atoms with Crippen molar-refractivity contribution in [1.29, 1.82) is 0 Å². The van der Waals surface area contributed by atoms with E-state index in [9.17, 15) is 9.18 Å². The van der Waals surface area contributed by atoms with Crippen LogP contribution >= 0.6 is 0 Å². The predicted molar refractivity (Wildman–Crippen MR) is 119 cm³/mol. The summed E-state index contributed by atoms with van der Waals surface area (Å²) in [5, 5.41) is 11.6. The first-order chi connectivity index (χ1) is 15.2. The highest BCUT2D eigenvalue weighted by atomic mass is 19.1. The van der Waals surface area contributed by atoms with E-state index in [0.29, 0.717) is 5.69 Å². The van der Waals surface area contributed by atoms with Gasteiger partial charge >= 0.3 is 0 Å². The summed E-state index contributed by atoms with van der Waals surface area (Å²) in [6, 6.07) is 17.3. The Kier molecular flexibility index (Phi) is 6.72. The monoisotopic (exact) mass is 420 g/mol. The van der Waals surface area contributed by atoms with Gasteiger partial charge in [-0.3, -0.25) is 4.79 Å². The van der Waals surface area contributed by atoms with Crippen LogP contribution in [0.4, 0.5) is 15.9 Å². The van der Waals surface area contributed by atoms with Crippen molar-refractivity contribution in [3.8, 4) is 17.0 Å². The van der Waals surface area contributed by atoms with Crippen molar-refractivity contribution in [2.45, 2.75) is 25.7 Å². The molecule has 0 unspecified atom stereocenters.